The van der Waals surface area contributed by atoms with Gasteiger partial charge in [0.05, 0.1) is 0 Å². The maximum atomic E-state index is 11.3. The number of carbonyl (C=O) groups is 1. The van der Waals surface area contributed by atoms with E-state index in [2.05, 4.69) is 5.43 Å². The fourth-order valence-electron chi connectivity index (χ4n) is 0.834. The molecule has 0 heterocycles. The molecule has 0 spiro atoms. The van der Waals surface area contributed by atoms with Gasteiger partial charge in [0, 0.05) is 23.9 Å². The molecule has 5 nitrogen and oxygen atoms in total. The van der Waals surface area contributed by atoms with Crippen LogP contribution in [0.4, 0.5) is 0 Å². The van der Waals surface area contributed by atoms with Crippen LogP contribution in [0, 0.1) is 0 Å². The first-order valence-electron chi connectivity index (χ1n) is 3.80. The zero-order valence-electron chi connectivity index (χ0n) is 7.47. The lowest BCUT2D eigenvalue weighted by atomic mass is 10.2. The van der Waals surface area contributed by atoms with Gasteiger partial charge >= 0.3 is 0 Å². The Hall–Kier alpha value is -1.24. The van der Waals surface area contributed by atoms with Crippen molar-refractivity contribution in [2.45, 2.75) is 0 Å². The van der Waals surface area contributed by atoms with E-state index in [4.69, 9.17) is 0 Å². The molecule has 1 rings (SSSR count). The van der Waals surface area contributed by atoms with Gasteiger partial charge in [-0.3, -0.25) is 14.4 Å². The Morgan fingerprint density at radius 3 is 2.50 bits per heavy atom. The van der Waals surface area contributed by atoms with Crippen molar-refractivity contribution in [3.63, 3.8) is 0 Å². The number of nitrogens with zero attached hydrogens (tertiary/aromatic N) is 1. The largest absolute Gasteiger partial charge is 0.758 e. The number of amides is 1. The predicted octanol–water partition coefficient (Wildman–Crippen LogP) is 0.0573. The number of benzene rings is 1. The van der Waals surface area contributed by atoms with Crippen LogP contribution in [-0.4, -0.2) is 26.1 Å². The molecule has 1 aromatic carbocycles. The van der Waals surface area contributed by atoms with Gasteiger partial charge in [-0.15, -0.1) is 0 Å². The molecule has 1 aromatic rings. The van der Waals surface area contributed by atoms with E-state index in [1.807, 2.05) is 0 Å². The molecule has 6 heteroatoms. The number of rotatable bonds is 3. The number of hydrazine groups is 1. The third kappa shape index (κ3) is 2.91. The number of nitrogens with one attached hydrogen (secondary N) is 1. The molecule has 76 valence electrons. The highest BCUT2D eigenvalue weighted by Crippen LogP contribution is 1.98. The third-order valence-electron chi connectivity index (χ3n) is 1.52. The summed E-state index contributed by atoms with van der Waals surface area (Å²) in [6.07, 6.45) is 0. The molecule has 1 atom stereocenters. The predicted molar refractivity (Wildman–Crippen MR) is 50.6 cm³/mol. The highest BCUT2D eigenvalue weighted by atomic mass is 32.2. The molecule has 0 aromatic heterocycles. The van der Waals surface area contributed by atoms with Gasteiger partial charge in [-0.1, -0.05) is 18.2 Å². The van der Waals surface area contributed by atoms with Gasteiger partial charge in [0.2, 0.25) is 0 Å². The maximum Gasteiger partial charge on any atom is 0.266 e. The van der Waals surface area contributed by atoms with E-state index < -0.39 is 17.2 Å². The van der Waals surface area contributed by atoms with Gasteiger partial charge < -0.3 is 4.55 Å². The first-order chi connectivity index (χ1) is 6.61. The monoisotopic (exact) mass is 213 g/mol. The molecule has 1 amide bonds. The van der Waals surface area contributed by atoms with Crippen LogP contribution >= 0.6 is 0 Å². The second-order valence-corrected chi connectivity index (χ2v) is 3.50. The minimum absolute atomic E-state index is 0.407. The normalized spacial score (nSPS) is 12.5. The zero-order valence-corrected chi connectivity index (χ0v) is 8.28. The summed E-state index contributed by atoms with van der Waals surface area (Å²) in [7, 11) is 1.24. The fourth-order valence-corrected chi connectivity index (χ4v) is 0.992. The summed E-state index contributed by atoms with van der Waals surface area (Å²) in [5, 5.41) is 0. The molecule has 14 heavy (non-hydrogen) atoms. The molecule has 0 fully saturated rings. The van der Waals surface area contributed by atoms with E-state index in [1.54, 1.807) is 30.3 Å². The topological polar surface area (TPSA) is 72.5 Å². The van der Waals surface area contributed by atoms with Crippen LogP contribution in [0.25, 0.3) is 0 Å². The van der Waals surface area contributed by atoms with Crippen LogP contribution in [0.1, 0.15) is 10.4 Å². The van der Waals surface area contributed by atoms with Crippen LogP contribution in [0.3, 0.4) is 0 Å². The van der Waals surface area contributed by atoms with Crippen molar-refractivity contribution in [2.24, 2.45) is 0 Å². The average Bonchev–Trinajstić information content (AvgIpc) is 2.19. The molecule has 0 saturated heterocycles. The van der Waals surface area contributed by atoms with Gasteiger partial charge in [-0.2, -0.15) is 4.41 Å². The molecule has 1 N–H and O–H groups in total. The summed E-state index contributed by atoms with van der Waals surface area (Å²) in [5.41, 5.74) is 2.58. The van der Waals surface area contributed by atoms with Crippen LogP contribution in [-0.2, 0) is 11.3 Å². The molecule has 0 radical (unpaired) electrons. The maximum absolute atomic E-state index is 11.3. The minimum Gasteiger partial charge on any atom is -0.758 e. The van der Waals surface area contributed by atoms with Crippen LogP contribution in [0.15, 0.2) is 30.3 Å². The van der Waals surface area contributed by atoms with Crippen molar-refractivity contribution < 1.29 is 13.6 Å². The minimum atomic E-state index is -2.45. The van der Waals surface area contributed by atoms with Gasteiger partial charge in [0.25, 0.3) is 5.91 Å². The van der Waals surface area contributed by atoms with E-state index in [1.165, 1.54) is 7.05 Å². The highest BCUT2D eigenvalue weighted by Gasteiger charge is 2.06. The van der Waals surface area contributed by atoms with E-state index in [0.29, 0.717) is 9.98 Å². The van der Waals surface area contributed by atoms with Crippen molar-refractivity contribution in [1.29, 1.82) is 0 Å². The lowest BCUT2D eigenvalue weighted by Crippen LogP contribution is -2.40. The summed E-state index contributed by atoms with van der Waals surface area (Å²) < 4.78 is 21.5. The zero-order chi connectivity index (χ0) is 10.6. The Bertz CT molecular complexity index is 342. The molecular weight excluding hydrogens is 204 g/mol. The lowest BCUT2D eigenvalue weighted by molar-refractivity contribution is 0.0892. The Kier molecular flexibility index (Phi) is 3.75. The van der Waals surface area contributed by atoms with Crippen LogP contribution in [0.5, 0.6) is 0 Å². The lowest BCUT2D eigenvalue weighted by Gasteiger charge is -2.19. The summed E-state index contributed by atoms with van der Waals surface area (Å²) in [6.45, 7) is 0. The van der Waals surface area contributed by atoms with E-state index in [-0.39, 0.29) is 0 Å². The van der Waals surface area contributed by atoms with Crippen LogP contribution < -0.4 is 5.43 Å². The molecule has 0 aliphatic rings. The Morgan fingerprint density at radius 2 is 2.00 bits per heavy atom. The second kappa shape index (κ2) is 4.85. The fraction of sp³-hybridized carbons (Fsp3) is 0.125. The average molecular weight is 213 g/mol. The standard InChI is InChI=1S/C8H10N2O3S/c1-10(14(12)13)9-8(11)7-5-3-2-4-6-7/h2-6H,1H3,(H,9,11)(H,12,13)/p-1. The molecule has 0 bridgehead atoms. The third-order valence-corrected chi connectivity index (χ3v) is 2.06. The van der Waals surface area contributed by atoms with Crippen LogP contribution in [0.2, 0.25) is 0 Å². The summed E-state index contributed by atoms with van der Waals surface area (Å²) in [4.78, 5) is 11.3. The molecule has 0 saturated carbocycles. The Balaban J connectivity index is 2.64. The summed E-state index contributed by atoms with van der Waals surface area (Å²) in [5.74, 6) is -0.461. The quantitative estimate of drug-likeness (QED) is 0.570. The Labute approximate surface area is 84.1 Å². The summed E-state index contributed by atoms with van der Waals surface area (Å²) in [6, 6.07) is 8.35. The van der Waals surface area contributed by atoms with E-state index in [0.717, 1.165) is 0 Å². The van der Waals surface area contributed by atoms with Crippen molar-refractivity contribution in [1.82, 2.24) is 9.84 Å². The number of hydrogen-bond acceptors (Lipinski definition) is 3. The van der Waals surface area contributed by atoms with Crippen molar-refractivity contribution in [3.05, 3.63) is 35.9 Å². The van der Waals surface area contributed by atoms with Crippen molar-refractivity contribution >= 4 is 17.2 Å². The molecule has 1 unspecified atom stereocenters. The van der Waals surface area contributed by atoms with Gasteiger partial charge in [-0.05, 0) is 12.1 Å². The first-order valence-corrected chi connectivity index (χ1v) is 4.83. The molecule has 0 aliphatic heterocycles. The summed E-state index contributed by atoms with van der Waals surface area (Å²) >= 11 is -2.45. The van der Waals surface area contributed by atoms with E-state index >= 15 is 0 Å². The SMILES string of the molecule is CN(NC(=O)c1ccccc1)S(=O)[O-]. The van der Waals surface area contributed by atoms with Crippen molar-refractivity contribution in [3.8, 4) is 0 Å². The van der Waals surface area contributed by atoms with Crippen molar-refractivity contribution in [2.75, 3.05) is 7.05 Å². The first kappa shape index (κ1) is 10.8. The van der Waals surface area contributed by atoms with E-state index in [9.17, 15) is 13.6 Å². The molecule has 0 aliphatic carbocycles. The van der Waals surface area contributed by atoms with Gasteiger partial charge in [0.1, 0.15) is 0 Å². The highest BCUT2D eigenvalue weighted by molar-refractivity contribution is 7.76. The number of carbonyl (C=O) groups excluding carboxylic acids is 1. The smallest absolute Gasteiger partial charge is 0.266 e. The van der Waals surface area contributed by atoms with Gasteiger partial charge in [0.15, 0.2) is 0 Å². The van der Waals surface area contributed by atoms with Gasteiger partial charge in [-0.25, -0.2) is 0 Å². The second-order valence-electron chi connectivity index (χ2n) is 2.52. The Morgan fingerprint density at radius 1 is 1.43 bits per heavy atom. The molecular formula is C8H9N2O3S-. The number of hydrogen-bond donors (Lipinski definition) is 1.